The summed E-state index contributed by atoms with van der Waals surface area (Å²) in [6, 6.07) is 12.2. The van der Waals surface area contributed by atoms with Gasteiger partial charge in [0.15, 0.2) is 11.6 Å². The summed E-state index contributed by atoms with van der Waals surface area (Å²) in [5, 5.41) is 12.6. The average Bonchev–Trinajstić information content (AvgIpc) is 3.35. The fraction of sp³-hybridized carbons (Fsp3) is 0.278. The van der Waals surface area contributed by atoms with Crippen LogP contribution in [0.2, 0.25) is 0 Å². The Morgan fingerprint density at radius 2 is 2.09 bits per heavy atom. The number of carboxylic acids is 1. The SMILES string of the molecule is COc1ccc(CNc2cccc(C3(C(=O)O)CC3)c2)cc1F. The highest BCUT2D eigenvalue weighted by Gasteiger charge is 2.51. The lowest BCUT2D eigenvalue weighted by Gasteiger charge is -2.13. The summed E-state index contributed by atoms with van der Waals surface area (Å²) in [6.45, 7) is 0.449. The van der Waals surface area contributed by atoms with Crippen LogP contribution < -0.4 is 10.1 Å². The summed E-state index contributed by atoms with van der Waals surface area (Å²) in [5.74, 6) is -0.955. The van der Waals surface area contributed by atoms with E-state index in [2.05, 4.69) is 5.32 Å². The minimum Gasteiger partial charge on any atom is -0.494 e. The molecule has 5 heteroatoms. The lowest BCUT2D eigenvalue weighted by molar-refractivity contribution is -0.140. The van der Waals surface area contributed by atoms with Crippen molar-refractivity contribution >= 4 is 11.7 Å². The molecule has 0 saturated heterocycles. The number of hydrogen-bond acceptors (Lipinski definition) is 3. The molecule has 120 valence electrons. The van der Waals surface area contributed by atoms with Crippen molar-refractivity contribution in [2.75, 3.05) is 12.4 Å². The zero-order valence-electron chi connectivity index (χ0n) is 12.8. The van der Waals surface area contributed by atoms with Gasteiger partial charge in [0.2, 0.25) is 0 Å². The Hall–Kier alpha value is -2.56. The van der Waals surface area contributed by atoms with Gasteiger partial charge in [0.05, 0.1) is 12.5 Å². The zero-order chi connectivity index (χ0) is 16.4. The fourth-order valence-electron chi connectivity index (χ4n) is 2.70. The third-order valence-electron chi connectivity index (χ3n) is 4.29. The van der Waals surface area contributed by atoms with E-state index >= 15 is 0 Å². The number of hydrogen-bond donors (Lipinski definition) is 2. The standard InChI is InChI=1S/C18H18FNO3/c1-23-16-6-5-12(9-15(16)19)11-20-14-4-2-3-13(10-14)18(7-8-18)17(21)22/h2-6,9-10,20H,7-8,11H2,1H3,(H,21,22). The number of carbonyl (C=O) groups is 1. The molecule has 0 amide bonds. The second kappa shape index (κ2) is 5.91. The van der Waals surface area contributed by atoms with Gasteiger partial charge < -0.3 is 15.2 Å². The predicted molar refractivity (Wildman–Crippen MR) is 85.3 cm³/mol. The van der Waals surface area contributed by atoms with Crippen LogP contribution >= 0.6 is 0 Å². The van der Waals surface area contributed by atoms with Crippen LogP contribution in [0.15, 0.2) is 42.5 Å². The molecule has 1 fully saturated rings. The Kier molecular flexibility index (Phi) is 3.94. The van der Waals surface area contributed by atoms with Gasteiger partial charge in [0.25, 0.3) is 0 Å². The largest absolute Gasteiger partial charge is 0.494 e. The van der Waals surface area contributed by atoms with Crippen molar-refractivity contribution in [1.82, 2.24) is 0 Å². The number of methoxy groups -OCH3 is 1. The minimum absolute atomic E-state index is 0.216. The molecule has 0 atom stereocenters. The molecule has 0 bridgehead atoms. The number of anilines is 1. The fourth-order valence-corrected chi connectivity index (χ4v) is 2.70. The van der Waals surface area contributed by atoms with Crippen LogP contribution in [0.5, 0.6) is 5.75 Å². The summed E-state index contributed by atoms with van der Waals surface area (Å²) < 4.78 is 18.6. The molecule has 3 rings (SSSR count). The highest BCUT2D eigenvalue weighted by Crippen LogP contribution is 2.48. The highest BCUT2D eigenvalue weighted by molar-refractivity contribution is 5.85. The molecule has 0 unspecified atom stereocenters. The van der Waals surface area contributed by atoms with Crippen LogP contribution in [0.25, 0.3) is 0 Å². The maximum absolute atomic E-state index is 13.7. The Bertz CT molecular complexity index is 741. The van der Waals surface area contributed by atoms with E-state index in [0.717, 1.165) is 16.8 Å². The Balaban J connectivity index is 1.72. The van der Waals surface area contributed by atoms with Gasteiger partial charge in [-0.2, -0.15) is 0 Å². The lowest BCUT2D eigenvalue weighted by Crippen LogP contribution is -2.19. The number of ether oxygens (including phenoxy) is 1. The van der Waals surface area contributed by atoms with E-state index in [1.54, 1.807) is 12.1 Å². The average molecular weight is 315 g/mol. The van der Waals surface area contributed by atoms with Crippen molar-refractivity contribution in [2.45, 2.75) is 24.8 Å². The molecule has 2 N–H and O–H groups in total. The maximum atomic E-state index is 13.7. The van der Waals surface area contributed by atoms with E-state index in [1.165, 1.54) is 13.2 Å². The second-order valence-electron chi connectivity index (χ2n) is 5.79. The maximum Gasteiger partial charge on any atom is 0.314 e. The van der Waals surface area contributed by atoms with Crippen molar-refractivity contribution in [3.05, 3.63) is 59.4 Å². The molecule has 0 spiro atoms. The third-order valence-corrected chi connectivity index (χ3v) is 4.29. The summed E-state index contributed by atoms with van der Waals surface area (Å²) >= 11 is 0. The Morgan fingerprint density at radius 1 is 1.30 bits per heavy atom. The first kappa shape index (κ1) is 15.3. The van der Waals surface area contributed by atoms with E-state index in [0.29, 0.717) is 19.4 Å². The third kappa shape index (κ3) is 2.99. The van der Waals surface area contributed by atoms with Crippen molar-refractivity contribution < 1.29 is 19.0 Å². The van der Waals surface area contributed by atoms with E-state index in [-0.39, 0.29) is 5.75 Å². The first-order chi connectivity index (χ1) is 11.0. The van der Waals surface area contributed by atoms with Crippen molar-refractivity contribution in [1.29, 1.82) is 0 Å². The molecule has 0 aromatic heterocycles. The van der Waals surface area contributed by atoms with Gasteiger partial charge in [0, 0.05) is 12.2 Å². The number of carboxylic acid groups (broad SMARTS) is 1. The topological polar surface area (TPSA) is 58.6 Å². The Labute approximate surface area is 133 Å². The van der Waals surface area contributed by atoms with Gasteiger partial charge in [0.1, 0.15) is 0 Å². The van der Waals surface area contributed by atoms with E-state index in [1.807, 2.05) is 24.3 Å². The van der Waals surface area contributed by atoms with Crippen LogP contribution in [0.1, 0.15) is 24.0 Å². The molecule has 23 heavy (non-hydrogen) atoms. The minimum atomic E-state index is -0.771. The normalized spacial score (nSPS) is 15.0. The summed E-state index contributed by atoms with van der Waals surface area (Å²) in [4.78, 5) is 11.4. The molecule has 0 aliphatic heterocycles. The number of benzene rings is 2. The van der Waals surface area contributed by atoms with Gasteiger partial charge >= 0.3 is 5.97 Å². The molecule has 1 aliphatic carbocycles. The molecular weight excluding hydrogens is 297 g/mol. The van der Waals surface area contributed by atoms with E-state index < -0.39 is 17.2 Å². The van der Waals surface area contributed by atoms with E-state index in [4.69, 9.17) is 4.74 Å². The molecular formula is C18H18FNO3. The monoisotopic (exact) mass is 315 g/mol. The molecule has 0 heterocycles. The van der Waals surface area contributed by atoms with Crippen molar-refractivity contribution in [3.63, 3.8) is 0 Å². The molecule has 2 aromatic carbocycles. The van der Waals surface area contributed by atoms with Gasteiger partial charge in [-0.05, 0) is 48.2 Å². The van der Waals surface area contributed by atoms with Crippen LogP contribution in [0.3, 0.4) is 0 Å². The summed E-state index contributed by atoms with van der Waals surface area (Å²) in [7, 11) is 1.43. The van der Waals surface area contributed by atoms with Crippen molar-refractivity contribution in [3.8, 4) is 5.75 Å². The first-order valence-corrected chi connectivity index (χ1v) is 7.45. The van der Waals surface area contributed by atoms with E-state index in [9.17, 15) is 14.3 Å². The zero-order valence-corrected chi connectivity index (χ0v) is 12.8. The molecule has 2 aromatic rings. The molecule has 4 nitrogen and oxygen atoms in total. The van der Waals surface area contributed by atoms with Crippen LogP contribution in [-0.2, 0) is 16.8 Å². The van der Waals surface area contributed by atoms with Gasteiger partial charge in [-0.1, -0.05) is 18.2 Å². The van der Waals surface area contributed by atoms with Crippen LogP contribution in [0, 0.1) is 5.82 Å². The van der Waals surface area contributed by atoms with Gasteiger partial charge in [-0.3, -0.25) is 4.79 Å². The first-order valence-electron chi connectivity index (χ1n) is 7.45. The summed E-state index contributed by atoms with van der Waals surface area (Å²) in [6.07, 6.45) is 1.35. The number of halogens is 1. The number of nitrogens with one attached hydrogen (secondary N) is 1. The van der Waals surface area contributed by atoms with Crippen molar-refractivity contribution in [2.24, 2.45) is 0 Å². The Morgan fingerprint density at radius 3 is 2.70 bits per heavy atom. The molecule has 1 saturated carbocycles. The molecule has 0 radical (unpaired) electrons. The van der Waals surface area contributed by atoms with Gasteiger partial charge in [-0.25, -0.2) is 4.39 Å². The van der Waals surface area contributed by atoms with Crippen LogP contribution in [0.4, 0.5) is 10.1 Å². The highest BCUT2D eigenvalue weighted by atomic mass is 19.1. The summed E-state index contributed by atoms with van der Waals surface area (Å²) in [5.41, 5.74) is 1.71. The number of aliphatic carboxylic acids is 1. The second-order valence-corrected chi connectivity index (χ2v) is 5.79. The molecule has 1 aliphatic rings. The smallest absolute Gasteiger partial charge is 0.314 e. The number of rotatable bonds is 6. The lowest BCUT2D eigenvalue weighted by atomic mass is 9.96. The predicted octanol–water partition coefficient (Wildman–Crippen LogP) is 3.56. The van der Waals surface area contributed by atoms with Gasteiger partial charge in [-0.15, -0.1) is 0 Å². The van der Waals surface area contributed by atoms with Crippen LogP contribution in [-0.4, -0.2) is 18.2 Å². The quantitative estimate of drug-likeness (QED) is 0.856.